The molecule has 1 unspecified atom stereocenters. The molecule has 112 valence electrons. The molecule has 1 aromatic rings. The number of carbonyl (C=O) groups is 1. The minimum absolute atomic E-state index is 0.170. The van der Waals surface area contributed by atoms with E-state index >= 15 is 0 Å². The standard InChI is InChI=1S/C12H17FN2O4S/c1-3-9(7-16)15-20(18,19)12-5-4-10(6-11(12)13)14-8(2)17/h4-6,9,15-16H,3,7H2,1-2H3,(H,14,17). The first kappa shape index (κ1) is 16.5. The van der Waals surface area contributed by atoms with Gasteiger partial charge in [0.2, 0.25) is 15.9 Å². The fourth-order valence-corrected chi connectivity index (χ4v) is 2.90. The second kappa shape index (κ2) is 6.78. The maximum Gasteiger partial charge on any atom is 0.243 e. The average Bonchev–Trinajstić information content (AvgIpc) is 2.34. The van der Waals surface area contributed by atoms with Gasteiger partial charge in [-0.2, -0.15) is 0 Å². The highest BCUT2D eigenvalue weighted by Gasteiger charge is 2.22. The monoisotopic (exact) mass is 304 g/mol. The van der Waals surface area contributed by atoms with E-state index in [1.807, 2.05) is 0 Å². The van der Waals surface area contributed by atoms with Crippen LogP contribution in [-0.4, -0.2) is 32.1 Å². The van der Waals surface area contributed by atoms with Crippen LogP contribution in [0.1, 0.15) is 20.3 Å². The van der Waals surface area contributed by atoms with Crippen LogP contribution in [0.4, 0.5) is 10.1 Å². The van der Waals surface area contributed by atoms with Crippen molar-refractivity contribution in [1.82, 2.24) is 4.72 Å². The summed E-state index contributed by atoms with van der Waals surface area (Å²) in [5, 5.41) is 11.3. The number of aliphatic hydroxyl groups excluding tert-OH is 1. The zero-order valence-corrected chi connectivity index (χ0v) is 12.0. The van der Waals surface area contributed by atoms with E-state index in [0.717, 1.165) is 12.1 Å². The van der Waals surface area contributed by atoms with E-state index < -0.39 is 26.8 Å². The Labute approximate surface area is 117 Å². The molecule has 1 amide bonds. The molecule has 20 heavy (non-hydrogen) atoms. The molecule has 0 saturated carbocycles. The third kappa shape index (κ3) is 4.26. The number of rotatable bonds is 6. The molecular weight excluding hydrogens is 287 g/mol. The number of aliphatic hydroxyl groups is 1. The van der Waals surface area contributed by atoms with Gasteiger partial charge < -0.3 is 10.4 Å². The summed E-state index contributed by atoms with van der Waals surface area (Å²) in [4.78, 5) is 10.3. The summed E-state index contributed by atoms with van der Waals surface area (Å²) in [5.41, 5.74) is 0.170. The highest BCUT2D eigenvalue weighted by atomic mass is 32.2. The molecule has 6 nitrogen and oxygen atoms in total. The molecule has 0 radical (unpaired) electrons. The SMILES string of the molecule is CCC(CO)NS(=O)(=O)c1ccc(NC(C)=O)cc1F. The molecule has 0 aliphatic rings. The van der Waals surface area contributed by atoms with Crippen LogP contribution in [-0.2, 0) is 14.8 Å². The Bertz CT molecular complexity index is 585. The minimum Gasteiger partial charge on any atom is -0.395 e. The van der Waals surface area contributed by atoms with Crippen LogP contribution in [0.2, 0.25) is 0 Å². The van der Waals surface area contributed by atoms with Crippen molar-refractivity contribution in [3.8, 4) is 0 Å². The third-order valence-corrected chi connectivity index (χ3v) is 4.13. The largest absolute Gasteiger partial charge is 0.395 e. The van der Waals surface area contributed by atoms with Crippen LogP contribution >= 0.6 is 0 Å². The average molecular weight is 304 g/mol. The van der Waals surface area contributed by atoms with Crippen molar-refractivity contribution in [2.75, 3.05) is 11.9 Å². The number of halogens is 1. The molecule has 1 aromatic carbocycles. The molecule has 0 fully saturated rings. The lowest BCUT2D eigenvalue weighted by Crippen LogP contribution is -2.37. The second-order valence-corrected chi connectivity index (χ2v) is 5.92. The van der Waals surface area contributed by atoms with Gasteiger partial charge in [0.25, 0.3) is 0 Å². The Hall–Kier alpha value is -1.51. The minimum atomic E-state index is -4.06. The summed E-state index contributed by atoms with van der Waals surface area (Å²) >= 11 is 0. The van der Waals surface area contributed by atoms with E-state index in [-0.39, 0.29) is 18.2 Å². The summed E-state index contributed by atoms with van der Waals surface area (Å²) in [6.45, 7) is 2.58. The zero-order valence-electron chi connectivity index (χ0n) is 11.2. The van der Waals surface area contributed by atoms with Gasteiger partial charge in [-0.1, -0.05) is 6.92 Å². The van der Waals surface area contributed by atoms with E-state index in [1.165, 1.54) is 13.0 Å². The van der Waals surface area contributed by atoms with Gasteiger partial charge in [0.1, 0.15) is 10.7 Å². The number of hydrogen-bond acceptors (Lipinski definition) is 4. The molecule has 8 heteroatoms. The highest BCUT2D eigenvalue weighted by molar-refractivity contribution is 7.89. The summed E-state index contributed by atoms with van der Waals surface area (Å²) in [7, 11) is -4.06. The molecule has 0 aliphatic carbocycles. The number of nitrogens with one attached hydrogen (secondary N) is 2. The summed E-state index contributed by atoms with van der Waals surface area (Å²) in [6.07, 6.45) is 0.376. The summed E-state index contributed by atoms with van der Waals surface area (Å²) in [5.74, 6) is -1.36. The maximum absolute atomic E-state index is 13.8. The molecule has 0 aromatic heterocycles. The number of anilines is 1. The molecule has 0 heterocycles. The predicted octanol–water partition coefficient (Wildman–Crippen LogP) is 0.833. The van der Waals surface area contributed by atoms with Gasteiger partial charge >= 0.3 is 0 Å². The van der Waals surface area contributed by atoms with Crippen LogP contribution in [0.25, 0.3) is 0 Å². The molecule has 0 spiro atoms. The normalized spacial score (nSPS) is 13.0. The van der Waals surface area contributed by atoms with Crippen molar-refractivity contribution in [1.29, 1.82) is 0 Å². The van der Waals surface area contributed by atoms with Gasteiger partial charge in [-0.3, -0.25) is 4.79 Å². The zero-order chi connectivity index (χ0) is 15.3. The van der Waals surface area contributed by atoms with Gasteiger partial charge in [-0.15, -0.1) is 0 Å². The van der Waals surface area contributed by atoms with Crippen molar-refractivity contribution >= 4 is 21.6 Å². The Morgan fingerprint density at radius 2 is 2.10 bits per heavy atom. The lowest BCUT2D eigenvalue weighted by atomic mass is 10.3. The van der Waals surface area contributed by atoms with Crippen molar-refractivity contribution in [3.05, 3.63) is 24.0 Å². The van der Waals surface area contributed by atoms with Gasteiger partial charge in [0.15, 0.2) is 0 Å². The fraction of sp³-hybridized carbons (Fsp3) is 0.417. The van der Waals surface area contributed by atoms with Crippen LogP contribution in [0, 0.1) is 5.82 Å². The number of hydrogen-bond donors (Lipinski definition) is 3. The first-order valence-corrected chi connectivity index (χ1v) is 7.48. The number of benzene rings is 1. The van der Waals surface area contributed by atoms with E-state index in [0.29, 0.717) is 6.42 Å². The molecule has 0 bridgehead atoms. The Balaban J connectivity index is 3.04. The topological polar surface area (TPSA) is 95.5 Å². The summed E-state index contributed by atoms with van der Waals surface area (Å²) in [6, 6.07) is 2.61. The van der Waals surface area contributed by atoms with Crippen LogP contribution < -0.4 is 10.0 Å². The van der Waals surface area contributed by atoms with Gasteiger partial charge in [0, 0.05) is 18.7 Å². The second-order valence-electron chi connectivity index (χ2n) is 4.24. The Morgan fingerprint density at radius 3 is 2.55 bits per heavy atom. The first-order chi connectivity index (χ1) is 9.30. The van der Waals surface area contributed by atoms with Crippen LogP contribution in [0.3, 0.4) is 0 Å². The van der Waals surface area contributed by atoms with Crippen LogP contribution in [0.5, 0.6) is 0 Å². The lowest BCUT2D eigenvalue weighted by molar-refractivity contribution is -0.114. The molecule has 3 N–H and O–H groups in total. The smallest absolute Gasteiger partial charge is 0.243 e. The van der Waals surface area contributed by atoms with Crippen LogP contribution in [0.15, 0.2) is 23.1 Å². The number of sulfonamides is 1. The first-order valence-electron chi connectivity index (χ1n) is 6.00. The lowest BCUT2D eigenvalue weighted by Gasteiger charge is -2.15. The number of amides is 1. The van der Waals surface area contributed by atoms with Gasteiger partial charge in [0.05, 0.1) is 6.61 Å². The summed E-state index contributed by atoms with van der Waals surface area (Å²) < 4.78 is 40.0. The molecule has 1 rings (SSSR count). The van der Waals surface area contributed by atoms with E-state index in [1.54, 1.807) is 6.92 Å². The van der Waals surface area contributed by atoms with Crippen molar-refractivity contribution in [2.45, 2.75) is 31.2 Å². The van der Waals surface area contributed by atoms with E-state index in [9.17, 15) is 17.6 Å². The van der Waals surface area contributed by atoms with Crippen molar-refractivity contribution < 1.29 is 22.7 Å². The third-order valence-electron chi connectivity index (χ3n) is 2.58. The van der Waals surface area contributed by atoms with E-state index in [2.05, 4.69) is 10.0 Å². The van der Waals surface area contributed by atoms with Crippen molar-refractivity contribution in [2.24, 2.45) is 0 Å². The number of carbonyl (C=O) groups excluding carboxylic acids is 1. The Kier molecular flexibility index (Phi) is 5.61. The van der Waals surface area contributed by atoms with E-state index in [4.69, 9.17) is 5.11 Å². The molecule has 1 atom stereocenters. The Morgan fingerprint density at radius 1 is 1.45 bits per heavy atom. The predicted molar refractivity (Wildman–Crippen MR) is 72.2 cm³/mol. The molecular formula is C12H17FN2O4S. The highest BCUT2D eigenvalue weighted by Crippen LogP contribution is 2.19. The van der Waals surface area contributed by atoms with Crippen molar-refractivity contribution in [3.63, 3.8) is 0 Å². The van der Waals surface area contributed by atoms with Gasteiger partial charge in [-0.05, 0) is 24.6 Å². The molecule has 0 aliphatic heterocycles. The van der Waals surface area contributed by atoms with Gasteiger partial charge in [-0.25, -0.2) is 17.5 Å². The maximum atomic E-state index is 13.8. The quantitative estimate of drug-likeness (QED) is 0.725. The molecule has 0 saturated heterocycles. The fourth-order valence-electron chi connectivity index (χ4n) is 1.53.